The lowest BCUT2D eigenvalue weighted by Gasteiger charge is -2.34. The molecule has 1 aliphatic heterocycles. The molecule has 1 aromatic rings. The van der Waals surface area contributed by atoms with Gasteiger partial charge in [-0.25, -0.2) is 0 Å². The number of ether oxygens (including phenoxy) is 1. The number of carbonyl (C=O) groups excluding carboxylic acids is 3. The SMILES string of the molecule is CC(=O)Oc1cccc(C(=O)N2CCN(C(=O)CC#N)CC2)c1. The van der Waals surface area contributed by atoms with Crippen LogP contribution in [0.15, 0.2) is 24.3 Å². The minimum atomic E-state index is -0.445. The Morgan fingerprint density at radius 3 is 2.43 bits per heavy atom. The molecule has 120 valence electrons. The number of hydrogen-bond acceptors (Lipinski definition) is 5. The summed E-state index contributed by atoms with van der Waals surface area (Å²) in [7, 11) is 0. The zero-order valence-corrected chi connectivity index (χ0v) is 12.8. The molecular formula is C16H17N3O4. The Labute approximate surface area is 134 Å². The first kappa shape index (κ1) is 16.5. The van der Waals surface area contributed by atoms with Crippen molar-refractivity contribution >= 4 is 17.8 Å². The Balaban J connectivity index is 1.99. The summed E-state index contributed by atoms with van der Waals surface area (Å²) in [5, 5.41) is 8.55. The third kappa shape index (κ3) is 4.30. The van der Waals surface area contributed by atoms with Crippen LogP contribution in [-0.4, -0.2) is 53.8 Å². The average molecular weight is 315 g/mol. The predicted octanol–water partition coefficient (Wildman–Crippen LogP) is 0.810. The van der Waals surface area contributed by atoms with Crippen molar-refractivity contribution in [2.24, 2.45) is 0 Å². The Bertz CT molecular complexity index is 658. The predicted molar refractivity (Wildman–Crippen MR) is 80.5 cm³/mol. The molecule has 1 aliphatic rings. The molecule has 1 aromatic carbocycles. The van der Waals surface area contributed by atoms with Gasteiger partial charge in [-0.3, -0.25) is 14.4 Å². The van der Waals surface area contributed by atoms with Gasteiger partial charge >= 0.3 is 5.97 Å². The molecule has 1 heterocycles. The van der Waals surface area contributed by atoms with E-state index in [9.17, 15) is 14.4 Å². The van der Waals surface area contributed by atoms with Gasteiger partial charge in [-0.2, -0.15) is 5.26 Å². The maximum Gasteiger partial charge on any atom is 0.308 e. The van der Waals surface area contributed by atoms with E-state index in [0.717, 1.165) is 0 Å². The number of carbonyl (C=O) groups is 3. The van der Waals surface area contributed by atoms with Crippen LogP contribution in [0.4, 0.5) is 0 Å². The van der Waals surface area contributed by atoms with Crippen molar-refractivity contribution < 1.29 is 19.1 Å². The summed E-state index contributed by atoms with van der Waals surface area (Å²) in [6.07, 6.45) is -0.140. The number of nitrogens with zero attached hydrogens (tertiary/aromatic N) is 3. The van der Waals surface area contributed by atoms with E-state index in [1.54, 1.807) is 28.0 Å². The first-order chi connectivity index (χ1) is 11.0. The van der Waals surface area contributed by atoms with Crippen molar-refractivity contribution in [3.8, 4) is 11.8 Å². The summed E-state index contributed by atoms with van der Waals surface area (Å²) in [4.78, 5) is 38.3. The van der Waals surface area contributed by atoms with E-state index in [1.807, 2.05) is 6.07 Å². The Morgan fingerprint density at radius 1 is 1.17 bits per heavy atom. The van der Waals surface area contributed by atoms with Gasteiger partial charge in [0.15, 0.2) is 0 Å². The van der Waals surface area contributed by atoms with Crippen LogP contribution in [0.5, 0.6) is 5.75 Å². The van der Waals surface area contributed by atoms with Gasteiger partial charge in [-0.15, -0.1) is 0 Å². The summed E-state index contributed by atoms with van der Waals surface area (Å²) >= 11 is 0. The largest absolute Gasteiger partial charge is 0.427 e. The molecule has 7 nitrogen and oxygen atoms in total. The molecule has 0 bridgehead atoms. The number of nitriles is 1. The quantitative estimate of drug-likeness (QED) is 0.608. The fraction of sp³-hybridized carbons (Fsp3) is 0.375. The smallest absolute Gasteiger partial charge is 0.308 e. The Morgan fingerprint density at radius 2 is 1.83 bits per heavy atom. The first-order valence-electron chi connectivity index (χ1n) is 7.23. The topological polar surface area (TPSA) is 90.7 Å². The zero-order valence-electron chi connectivity index (χ0n) is 12.8. The van der Waals surface area contributed by atoms with Crippen LogP contribution in [-0.2, 0) is 9.59 Å². The maximum atomic E-state index is 12.5. The van der Waals surface area contributed by atoms with Crippen molar-refractivity contribution in [2.75, 3.05) is 26.2 Å². The van der Waals surface area contributed by atoms with Gasteiger partial charge in [0, 0.05) is 38.7 Å². The second kappa shape index (κ2) is 7.40. The van der Waals surface area contributed by atoms with Gasteiger partial charge in [0.1, 0.15) is 12.2 Å². The second-order valence-corrected chi connectivity index (χ2v) is 5.13. The number of benzene rings is 1. The molecule has 0 saturated carbocycles. The molecule has 0 atom stereocenters. The lowest BCUT2D eigenvalue weighted by atomic mass is 10.1. The molecule has 0 unspecified atom stereocenters. The van der Waals surface area contributed by atoms with E-state index < -0.39 is 5.97 Å². The van der Waals surface area contributed by atoms with Gasteiger partial charge < -0.3 is 14.5 Å². The summed E-state index contributed by atoms with van der Waals surface area (Å²) in [5.74, 6) is -0.506. The minimum Gasteiger partial charge on any atom is -0.427 e. The normalized spacial score (nSPS) is 14.1. The standard InChI is InChI=1S/C16H17N3O4/c1-12(20)23-14-4-2-3-13(11-14)16(22)19-9-7-18(8-10-19)15(21)5-6-17/h2-4,11H,5,7-10H2,1H3. The van der Waals surface area contributed by atoms with Gasteiger partial charge in [-0.1, -0.05) is 6.07 Å². The highest BCUT2D eigenvalue weighted by Gasteiger charge is 2.24. The summed E-state index contributed by atoms with van der Waals surface area (Å²) in [6.45, 7) is 2.94. The highest BCUT2D eigenvalue weighted by molar-refractivity contribution is 5.95. The number of amides is 2. The van der Waals surface area contributed by atoms with Crippen LogP contribution in [0.2, 0.25) is 0 Å². The molecule has 0 aliphatic carbocycles. The number of piperazine rings is 1. The van der Waals surface area contributed by atoms with E-state index in [4.69, 9.17) is 10.00 Å². The number of rotatable bonds is 3. The van der Waals surface area contributed by atoms with E-state index >= 15 is 0 Å². The molecule has 7 heteroatoms. The third-order valence-electron chi connectivity index (χ3n) is 3.49. The number of esters is 1. The van der Waals surface area contributed by atoms with Gasteiger partial charge in [0.25, 0.3) is 5.91 Å². The van der Waals surface area contributed by atoms with Crippen molar-refractivity contribution in [1.29, 1.82) is 5.26 Å². The van der Waals surface area contributed by atoms with Crippen LogP contribution < -0.4 is 4.74 Å². The molecule has 0 N–H and O–H groups in total. The summed E-state index contributed by atoms with van der Waals surface area (Å²) in [5.41, 5.74) is 0.431. The van der Waals surface area contributed by atoms with Gasteiger partial charge in [0.05, 0.1) is 6.07 Å². The fourth-order valence-electron chi connectivity index (χ4n) is 2.38. The summed E-state index contributed by atoms with van der Waals surface area (Å²) in [6, 6.07) is 8.27. The van der Waals surface area contributed by atoms with E-state index in [2.05, 4.69) is 0 Å². The van der Waals surface area contributed by atoms with Crippen LogP contribution >= 0.6 is 0 Å². The summed E-state index contributed by atoms with van der Waals surface area (Å²) < 4.78 is 4.97. The van der Waals surface area contributed by atoms with Crippen LogP contribution in [0.25, 0.3) is 0 Å². The fourth-order valence-corrected chi connectivity index (χ4v) is 2.38. The highest BCUT2D eigenvalue weighted by atomic mass is 16.5. The van der Waals surface area contributed by atoms with Crippen LogP contribution in [0, 0.1) is 11.3 Å². The molecule has 2 rings (SSSR count). The average Bonchev–Trinajstić information content (AvgIpc) is 2.54. The van der Waals surface area contributed by atoms with Crippen molar-refractivity contribution in [3.63, 3.8) is 0 Å². The molecule has 0 radical (unpaired) electrons. The first-order valence-corrected chi connectivity index (χ1v) is 7.23. The molecular weight excluding hydrogens is 298 g/mol. The monoisotopic (exact) mass is 315 g/mol. The van der Waals surface area contributed by atoms with Gasteiger partial charge in [-0.05, 0) is 18.2 Å². The van der Waals surface area contributed by atoms with E-state index in [-0.39, 0.29) is 18.2 Å². The van der Waals surface area contributed by atoms with Gasteiger partial charge in [0.2, 0.25) is 5.91 Å². The van der Waals surface area contributed by atoms with Crippen LogP contribution in [0.3, 0.4) is 0 Å². The second-order valence-electron chi connectivity index (χ2n) is 5.13. The zero-order chi connectivity index (χ0) is 16.8. The molecule has 23 heavy (non-hydrogen) atoms. The molecule has 2 amide bonds. The van der Waals surface area contributed by atoms with E-state index in [0.29, 0.717) is 37.5 Å². The van der Waals surface area contributed by atoms with Crippen molar-refractivity contribution in [1.82, 2.24) is 9.80 Å². The number of hydrogen-bond donors (Lipinski definition) is 0. The Kier molecular flexibility index (Phi) is 5.31. The molecule has 1 saturated heterocycles. The van der Waals surface area contributed by atoms with Crippen LogP contribution in [0.1, 0.15) is 23.7 Å². The highest BCUT2D eigenvalue weighted by Crippen LogP contribution is 2.16. The third-order valence-corrected chi connectivity index (χ3v) is 3.49. The molecule has 0 aromatic heterocycles. The minimum absolute atomic E-state index is 0.140. The maximum absolute atomic E-state index is 12.5. The van der Waals surface area contributed by atoms with Crippen molar-refractivity contribution in [2.45, 2.75) is 13.3 Å². The molecule has 1 fully saturated rings. The lowest BCUT2D eigenvalue weighted by molar-refractivity contribution is -0.132. The lowest BCUT2D eigenvalue weighted by Crippen LogP contribution is -2.50. The van der Waals surface area contributed by atoms with E-state index in [1.165, 1.54) is 13.0 Å². The van der Waals surface area contributed by atoms with Crippen molar-refractivity contribution in [3.05, 3.63) is 29.8 Å². The Hall–Kier alpha value is -2.88. The molecule has 0 spiro atoms.